The Bertz CT molecular complexity index is 347. The summed E-state index contributed by atoms with van der Waals surface area (Å²) >= 11 is 8.47. The van der Waals surface area contributed by atoms with E-state index in [0.717, 1.165) is 10.9 Å². The van der Waals surface area contributed by atoms with Crippen LogP contribution in [-0.2, 0) is 6.42 Å². The van der Waals surface area contributed by atoms with Gasteiger partial charge in [0.25, 0.3) is 0 Å². The number of nitrogens with two attached hydrogens (primary N) is 1. The summed E-state index contributed by atoms with van der Waals surface area (Å²) in [7, 11) is 0. The van der Waals surface area contributed by atoms with Crippen molar-refractivity contribution in [1.29, 1.82) is 0 Å². The molecule has 0 aliphatic heterocycles. The molecule has 3 heteroatoms. The van der Waals surface area contributed by atoms with Crippen LogP contribution in [0.3, 0.4) is 0 Å². The number of thiocarbonyl (C=S) groups is 1. The molecule has 0 aromatic heterocycles. The van der Waals surface area contributed by atoms with Crippen LogP contribution in [0.5, 0.6) is 0 Å². The van der Waals surface area contributed by atoms with Crippen molar-refractivity contribution in [3.05, 3.63) is 34.3 Å². The van der Waals surface area contributed by atoms with E-state index >= 15 is 0 Å². The predicted octanol–water partition coefficient (Wildman–Crippen LogP) is 3.30. The number of hydrogen-bond donors (Lipinski definition) is 1. The van der Waals surface area contributed by atoms with Gasteiger partial charge in [0.15, 0.2) is 0 Å². The molecule has 14 heavy (non-hydrogen) atoms. The molecule has 1 nitrogen and oxygen atoms in total. The van der Waals surface area contributed by atoms with Crippen LogP contribution in [0.4, 0.5) is 0 Å². The first-order valence-electron chi connectivity index (χ1n) is 4.46. The second-order valence-corrected chi connectivity index (χ2v) is 5.41. The highest BCUT2D eigenvalue weighted by Gasteiger charge is 2.21. The fourth-order valence-corrected chi connectivity index (χ4v) is 1.76. The van der Waals surface area contributed by atoms with E-state index in [1.165, 1.54) is 5.56 Å². The molecule has 1 rings (SSSR count). The molecule has 1 aromatic rings. The summed E-state index contributed by atoms with van der Waals surface area (Å²) in [4.78, 5) is 0.567. The number of hydrogen-bond acceptors (Lipinski definition) is 1. The second-order valence-electron chi connectivity index (χ2n) is 4.05. The van der Waals surface area contributed by atoms with Crippen LogP contribution < -0.4 is 5.73 Å². The molecule has 0 aliphatic rings. The molecule has 76 valence electrons. The van der Waals surface area contributed by atoms with E-state index in [0.29, 0.717) is 4.99 Å². The molecule has 0 heterocycles. The Hall–Kier alpha value is -0.410. The molecular weight excluding hydrogens is 258 g/mol. The summed E-state index contributed by atoms with van der Waals surface area (Å²) in [5.41, 5.74) is 6.81. The van der Waals surface area contributed by atoms with Gasteiger partial charge in [-0.2, -0.15) is 0 Å². The number of rotatable bonds is 3. The molecule has 0 unspecified atom stereocenters. The van der Waals surface area contributed by atoms with Crippen molar-refractivity contribution in [1.82, 2.24) is 0 Å². The molecule has 2 N–H and O–H groups in total. The van der Waals surface area contributed by atoms with Crippen molar-refractivity contribution in [2.24, 2.45) is 11.1 Å². The zero-order chi connectivity index (χ0) is 10.8. The van der Waals surface area contributed by atoms with Gasteiger partial charge >= 0.3 is 0 Å². The molecule has 1 aromatic carbocycles. The van der Waals surface area contributed by atoms with E-state index in [-0.39, 0.29) is 5.41 Å². The molecule has 0 saturated carbocycles. The average molecular weight is 272 g/mol. The van der Waals surface area contributed by atoms with Crippen molar-refractivity contribution >= 4 is 33.1 Å². The summed E-state index contributed by atoms with van der Waals surface area (Å²) in [5.74, 6) is 0. The van der Waals surface area contributed by atoms with Gasteiger partial charge in [0.2, 0.25) is 0 Å². The van der Waals surface area contributed by atoms with E-state index in [1.807, 2.05) is 12.1 Å². The zero-order valence-electron chi connectivity index (χ0n) is 8.38. The smallest absolute Gasteiger partial charge is 0.0787 e. The highest BCUT2D eigenvalue weighted by Crippen LogP contribution is 2.23. The molecule has 0 fully saturated rings. The molecule has 0 aliphatic carbocycles. The van der Waals surface area contributed by atoms with E-state index in [9.17, 15) is 0 Å². The molecule has 0 atom stereocenters. The summed E-state index contributed by atoms with van der Waals surface area (Å²) in [6.45, 7) is 4.13. The van der Waals surface area contributed by atoms with Crippen LogP contribution >= 0.6 is 28.1 Å². The minimum atomic E-state index is -0.115. The lowest BCUT2D eigenvalue weighted by Gasteiger charge is -2.23. The van der Waals surface area contributed by atoms with Gasteiger partial charge in [0.1, 0.15) is 0 Å². The Labute approximate surface area is 98.8 Å². The molecule has 0 radical (unpaired) electrons. The van der Waals surface area contributed by atoms with Gasteiger partial charge in [-0.25, -0.2) is 0 Å². The Morgan fingerprint density at radius 1 is 1.50 bits per heavy atom. The van der Waals surface area contributed by atoms with E-state index in [4.69, 9.17) is 18.0 Å². The summed E-state index contributed by atoms with van der Waals surface area (Å²) < 4.78 is 1.09. The lowest BCUT2D eigenvalue weighted by molar-refractivity contribution is 0.523. The van der Waals surface area contributed by atoms with Crippen molar-refractivity contribution in [2.75, 3.05) is 0 Å². The van der Waals surface area contributed by atoms with Gasteiger partial charge in [-0.1, -0.05) is 54.1 Å². The molecule has 0 bridgehead atoms. The monoisotopic (exact) mass is 271 g/mol. The minimum absolute atomic E-state index is 0.115. The molecular formula is C11H14BrNS. The molecule has 0 spiro atoms. The number of benzene rings is 1. The summed E-state index contributed by atoms with van der Waals surface area (Å²) in [5, 5.41) is 0. The van der Waals surface area contributed by atoms with Crippen LogP contribution in [0.1, 0.15) is 19.4 Å². The van der Waals surface area contributed by atoms with Gasteiger partial charge < -0.3 is 5.73 Å². The quantitative estimate of drug-likeness (QED) is 0.854. The van der Waals surface area contributed by atoms with Gasteiger partial charge in [-0.15, -0.1) is 0 Å². The Kier molecular flexibility index (Phi) is 3.67. The SMILES string of the molecule is CC(C)(Cc1cccc(Br)c1)C(N)=S. The third-order valence-corrected chi connectivity index (χ3v) is 3.25. The summed E-state index contributed by atoms with van der Waals surface area (Å²) in [6.07, 6.45) is 0.877. The zero-order valence-corrected chi connectivity index (χ0v) is 10.8. The van der Waals surface area contributed by atoms with Crippen LogP contribution in [0.25, 0.3) is 0 Å². The lowest BCUT2D eigenvalue weighted by atomic mass is 9.86. The average Bonchev–Trinajstić information content (AvgIpc) is 2.02. The van der Waals surface area contributed by atoms with Crippen LogP contribution in [-0.4, -0.2) is 4.99 Å². The second kappa shape index (κ2) is 4.41. The van der Waals surface area contributed by atoms with Gasteiger partial charge in [0, 0.05) is 9.89 Å². The minimum Gasteiger partial charge on any atom is -0.393 e. The maximum Gasteiger partial charge on any atom is 0.0787 e. The fourth-order valence-electron chi connectivity index (χ4n) is 1.24. The van der Waals surface area contributed by atoms with Crippen LogP contribution in [0, 0.1) is 5.41 Å². The normalized spacial score (nSPS) is 11.4. The Morgan fingerprint density at radius 3 is 2.64 bits per heavy atom. The first kappa shape index (κ1) is 11.7. The predicted molar refractivity (Wildman–Crippen MR) is 68.4 cm³/mol. The van der Waals surface area contributed by atoms with Crippen LogP contribution in [0.15, 0.2) is 28.7 Å². The maximum absolute atomic E-state index is 5.68. The lowest BCUT2D eigenvalue weighted by Crippen LogP contribution is -2.31. The Balaban J connectivity index is 2.83. The topological polar surface area (TPSA) is 26.0 Å². The van der Waals surface area contributed by atoms with Crippen LogP contribution in [0.2, 0.25) is 0 Å². The summed E-state index contributed by atoms with van der Waals surface area (Å²) in [6, 6.07) is 8.22. The van der Waals surface area contributed by atoms with E-state index in [2.05, 4.69) is 41.9 Å². The standard InChI is InChI=1S/C11H14BrNS/c1-11(2,10(13)14)7-8-4-3-5-9(12)6-8/h3-6H,7H2,1-2H3,(H2,13,14). The van der Waals surface area contributed by atoms with Crippen molar-refractivity contribution in [2.45, 2.75) is 20.3 Å². The van der Waals surface area contributed by atoms with Crippen molar-refractivity contribution in [3.8, 4) is 0 Å². The number of halogens is 1. The maximum atomic E-state index is 5.68. The fraction of sp³-hybridized carbons (Fsp3) is 0.364. The van der Waals surface area contributed by atoms with Gasteiger partial charge in [-0.3, -0.25) is 0 Å². The van der Waals surface area contributed by atoms with E-state index < -0.39 is 0 Å². The first-order valence-corrected chi connectivity index (χ1v) is 5.66. The Morgan fingerprint density at radius 2 is 2.14 bits per heavy atom. The van der Waals surface area contributed by atoms with Gasteiger partial charge in [-0.05, 0) is 24.1 Å². The highest BCUT2D eigenvalue weighted by molar-refractivity contribution is 9.10. The van der Waals surface area contributed by atoms with Crippen molar-refractivity contribution < 1.29 is 0 Å². The van der Waals surface area contributed by atoms with Crippen molar-refractivity contribution in [3.63, 3.8) is 0 Å². The largest absolute Gasteiger partial charge is 0.393 e. The molecule has 0 amide bonds. The highest BCUT2D eigenvalue weighted by atomic mass is 79.9. The van der Waals surface area contributed by atoms with E-state index in [1.54, 1.807) is 0 Å². The third kappa shape index (κ3) is 3.07. The molecule has 0 saturated heterocycles. The first-order chi connectivity index (χ1) is 6.42. The van der Waals surface area contributed by atoms with Gasteiger partial charge in [0.05, 0.1) is 4.99 Å². The third-order valence-electron chi connectivity index (χ3n) is 2.20.